The van der Waals surface area contributed by atoms with Crippen molar-refractivity contribution < 1.29 is 13.2 Å². The number of sulfonamides is 1. The summed E-state index contributed by atoms with van der Waals surface area (Å²) in [6.45, 7) is 7.45. The summed E-state index contributed by atoms with van der Waals surface area (Å²) in [5.41, 5.74) is 0. The van der Waals surface area contributed by atoms with Crippen LogP contribution in [0.15, 0.2) is 25.3 Å². The Morgan fingerprint density at radius 1 is 1.36 bits per heavy atom. The first-order valence-electron chi connectivity index (χ1n) is 3.89. The summed E-state index contributed by atoms with van der Waals surface area (Å²) in [4.78, 5) is 12.5. The Morgan fingerprint density at radius 2 is 1.79 bits per heavy atom. The van der Waals surface area contributed by atoms with Crippen LogP contribution in [0.5, 0.6) is 0 Å². The number of hydrogen-bond acceptors (Lipinski definition) is 3. The summed E-state index contributed by atoms with van der Waals surface area (Å²) in [5.74, 6) is 0. The lowest BCUT2D eigenvalue weighted by Gasteiger charge is -2.18. The average Bonchev–Trinajstić information content (AvgIpc) is 2.01. The molecule has 0 fully saturated rings. The molecule has 0 unspecified atom stereocenters. The lowest BCUT2D eigenvalue weighted by atomic mass is 10.5. The molecule has 0 aliphatic carbocycles. The Hall–Kier alpha value is -1.30. The van der Waals surface area contributed by atoms with E-state index >= 15 is 0 Å². The van der Waals surface area contributed by atoms with Gasteiger partial charge in [-0.05, 0) is 0 Å². The highest BCUT2D eigenvalue weighted by Gasteiger charge is 2.14. The zero-order valence-corrected chi connectivity index (χ0v) is 8.88. The molecule has 14 heavy (non-hydrogen) atoms. The van der Waals surface area contributed by atoms with Gasteiger partial charge in [0.25, 0.3) is 0 Å². The molecular weight excluding hydrogens is 204 g/mol. The summed E-state index contributed by atoms with van der Waals surface area (Å²) in [7, 11) is -3.51. The predicted octanol–water partition coefficient (Wildman–Crippen LogP) is 0.330. The van der Waals surface area contributed by atoms with Crippen LogP contribution < -0.4 is 4.72 Å². The van der Waals surface area contributed by atoms with Gasteiger partial charge < -0.3 is 4.90 Å². The van der Waals surface area contributed by atoms with Gasteiger partial charge in [-0.3, -0.25) is 0 Å². The van der Waals surface area contributed by atoms with E-state index in [0.717, 1.165) is 6.26 Å². The Kier molecular flexibility index (Phi) is 4.93. The topological polar surface area (TPSA) is 66.5 Å². The quantitative estimate of drug-likeness (QED) is 0.676. The van der Waals surface area contributed by atoms with Crippen molar-refractivity contribution >= 4 is 16.1 Å². The molecular formula is C8H14N2O3S. The second-order valence-electron chi connectivity index (χ2n) is 2.66. The minimum absolute atomic E-state index is 0.271. The van der Waals surface area contributed by atoms with E-state index in [-0.39, 0.29) is 13.1 Å². The van der Waals surface area contributed by atoms with Crippen LogP contribution >= 0.6 is 0 Å². The molecule has 0 saturated heterocycles. The van der Waals surface area contributed by atoms with Crippen molar-refractivity contribution in [3.05, 3.63) is 25.3 Å². The van der Waals surface area contributed by atoms with Crippen LogP contribution in [0, 0.1) is 0 Å². The number of carbonyl (C=O) groups excluding carboxylic acids is 1. The molecule has 80 valence electrons. The van der Waals surface area contributed by atoms with E-state index in [4.69, 9.17) is 0 Å². The second kappa shape index (κ2) is 5.43. The van der Waals surface area contributed by atoms with Crippen molar-refractivity contribution in [2.45, 2.75) is 0 Å². The number of urea groups is 1. The average molecular weight is 218 g/mol. The minimum Gasteiger partial charge on any atom is -0.317 e. The number of hydrogen-bond donors (Lipinski definition) is 1. The van der Waals surface area contributed by atoms with Crippen LogP contribution in [0.3, 0.4) is 0 Å². The summed E-state index contributed by atoms with van der Waals surface area (Å²) in [6, 6.07) is -0.674. The first-order valence-corrected chi connectivity index (χ1v) is 5.78. The van der Waals surface area contributed by atoms with Crippen LogP contribution in [0.4, 0.5) is 4.79 Å². The van der Waals surface area contributed by atoms with Gasteiger partial charge in [0, 0.05) is 13.1 Å². The summed E-state index contributed by atoms with van der Waals surface area (Å²) >= 11 is 0. The first kappa shape index (κ1) is 12.7. The van der Waals surface area contributed by atoms with Crippen molar-refractivity contribution in [1.29, 1.82) is 0 Å². The van der Waals surface area contributed by atoms with Gasteiger partial charge in [-0.25, -0.2) is 17.9 Å². The monoisotopic (exact) mass is 218 g/mol. The molecule has 0 heterocycles. The zero-order chi connectivity index (χ0) is 11.2. The van der Waals surface area contributed by atoms with Crippen LogP contribution in [0.25, 0.3) is 0 Å². The summed E-state index contributed by atoms with van der Waals surface area (Å²) in [6.07, 6.45) is 3.93. The molecule has 0 aliphatic rings. The fourth-order valence-corrected chi connectivity index (χ4v) is 1.22. The van der Waals surface area contributed by atoms with Gasteiger partial charge in [-0.1, -0.05) is 12.2 Å². The van der Waals surface area contributed by atoms with Gasteiger partial charge >= 0.3 is 6.03 Å². The molecule has 1 N–H and O–H groups in total. The van der Waals surface area contributed by atoms with E-state index in [2.05, 4.69) is 13.2 Å². The third-order valence-electron chi connectivity index (χ3n) is 1.26. The van der Waals surface area contributed by atoms with Crippen molar-refractivity contribution in [1.82, 2.24) is 9.62 Å². The van der Waals surface area contributed by atoms with E-state index in [1.165, 1.54) is 17.1 Å². The number of amides is 2. The van der Waals surface area contributed by atoms with Gasteiger partial charge in [-0.15, -0.1) is 13.2 Å². The van der Waals surface area contributed by atoms with Crippen molar-refractivity contribution in [3.63, 3.8) is 0 Å². The Morgan fingerprint density at radius 3 is 2.07 bits per heavy atom. The molecule has 2 amide bonds. The van der Waals surface area contributed by atoms with E-state index in [1.54, 1.807) is 0 Å². The number of nitrogens with zero attached hydrogens (tertiary/aromatic N) is 1. The number of rotatable bonds is 5. The summed E-state index contributed by atoms with van der Waals surface area (Å²) in [5, 5.41) is 0. The highest BCUT2D eigenvalue weighted by atomic mass is 32.2. The van der Waals surface area contributed by atoms with Crippen LogP contribution in [0.2, 0.25) is 0 Å². The van der Waals surface area contributed by atoms with Gasteiger partial charge in [0.15, 0.2) is 0 Å². The SMILES string of the molecule is C=CCN(CC=C)C(=O)NS(C)(=O)=O. The second-order valence-corrected chi connectivity index (χ2v) is 4.41. The molecule has 0 rings (SSSR count). The fourth-order valence-electron chi connectivity index (χ4n) is 0.775. The molecule has 0 radical (unpaired) electrons. The number of carbonyl (C=O) groups is 1. The highest BCUT2D eigenvalue weighted by Crippen LogP contribution is 1.91. The molecule has 5 nitrogen and oxygen atoms in total. The molecule has 0 spiro atoms. The molecule has 0 saturated carbocycles. The molecule has 0 aromatic heterocycles. The van der Waals surface area contributed by atoms with E-state index < -0.39 is 16.1 Å². The molecule has 0 aromatic rings. The zero-order valence-electron chi connectivity index (χ0n) is 8.06. The van der Waals surface area contributed by atoms with E-state index in [9.17, 15) is 13.2 Å². The minimum atomic E-state index is -3.51. The largest absolute Gasteiger partial charge is 0.331 e. The number of nitrogens with one attached hydrogen (secondary N) is 1. The van der Waals surface area contributed by atoms with Crippen LogP contribution in [-0.4, -0.2) is 38.7 Å². The van der Waals surface area contributed by atoms with E-state index in [1.807, 2.05) is 4.72 Å². The van der Waals surface area contributed by atoms with E-state index in [0.29, 0.717) is 0 Å². The van der Waals surface area contributed by atoms with Gasteiger partial charge in [0.1, 0.15) is 0 Å². The Balaban J connectivity index is 4.43. The molecule has 0 bridgehead atoms. The Bertz CT molecular complexity index is 311. The Labute approximate surface area is 84.1 Å². The van der Waals surface area contributed by atoms with Crippen molar-refractivity contribution in [2.24, 2.45) is 0 Å². The van der Waals surface area contributed by atoms with Crippen molar-refractivity contribution in [3.8, 4) is 0 Å². The van der Waals surface area contributed by atoms with Crippen LogP contribution in [0.1, 0.15) is 0 Å². The van der Waals surface area contributed by atoms with Crippen molar-refractivity contribution in [2.75, 3.05) is 19.3 Å². The predicted molar refractivity (Wildman–Crippen MR) is 55.3 cm³/mol. The molecule has 0 aromatic carbocycles. The van der Waals surface area contributed by atoms with Gasteiger partial charge in [0.05, 0.1) is 6.26 Å². The summed E-state index contributed by atoms with van der Waals surface area (Å²) < 4.78 is 23.3. The van der Waals surface area contributed by atoms with Crippen LogP contribution in [-0.2, 0) is 10.0 Å². The molecule has 0 atom stereocenters. The first-order chi connectivity index (χ1) is 6.40. The third-order valence-corrected chi connectivity index (χ3v) is 1.80. The maximum absolute atomic E-state index is 11.3. The van der Waals surface area contributed by atoms with Gasteiger partial charge in [-0.2, -0.15) is 0 Å². The fraction of sp³-hybridized carbons (Fsp3) is 0.375. The molecule has 6 heteroatoms. The maximum Gasteiger partial charge on any atom is 0.331 e. The normalized spacial score (nSPS) is 10.4. The highest BCUT2D eigenvalue weighted by molar-refractivity contribution is 7.89. The standard InChI is InChI=1S/C8H14N2O3S/c1-4-6-10(7-5-2)8(11)9-14(3,12)13/h4-5H,1-2,6-7H2,3H3,(H,9,11). The van der Waals surface area contributed by atoms with Gasteiger partial charge in [0.2, 0.25) is 10.0 Å². The lowest BCUT2D eigenvalue weighted by Crippen LogP contribution is -2.42. The third kappa shape index (κ3) is 5.36. The maximum atomic E-state index is 11.3. The molecule has 0 aliphatic heterocycles. The lowest BCUT2D eigenvalue weighted by molar-refractivity contribution is 0.214. The smallest absolute Gasteiger partial charge is 0.317 e.